The molecule has 1 unspecified atom stereocenters. The number of rotatable bonds is 6. The molecule has 0 heterocycles. The lowest BCUT2D eigenvalue weighted by Crippen LogP contribution is -2.37. The first-order valence-electron chi connectivity index (χ1n) is 7.31. The number of nitrogens with one attached hydrogen (secondary N) is 1. The number of methoxy groups -OCH3 is 1. The molecule has 0 bridgehead atoms. The minimum Gasteiger partial charge on any atom is -0.375 e. The van der Waals surface area contributed by atoms with Gasteiger partial charge in [0.2, 0.25) is 5.91 Å². The zero-order valence-electron chi connectivity index (χ0n) is 12.5. The van der Waals surface area contributed by atoms with Crippen LogP contribution < -0.4 is 11.1 Å². The molecule has 1 aliphatic rings. The molecular weight excluding hydrogens is 288 g/mol. The Labute approximate surface area is 132 Å². The van der Waals surface area contributed by atoms with Crippen molar-refractivity contribution in [3.63, 3.8) is 0 Å². The van der Waals surface area contributed by atoms with Gasteiger partial charge >= 0.3 is 0 Å². The molecule has 5 heteroatoms. The summed E-state index contributed by atoms with van der Waals surface area (Å²) in [4.78, 5) is 12.2. The van der Waals surface area contributed by atoms with Gasteiger partial charge in [-0.1, -0.05) is 36.8 Å². The van der Waals surface area contributed by atoms with E-state index in [1.165, 1.54) is 0 Å². The van der Waals surface area contributed by atoms with Crippen LogP contribution in [0.2, 0.25) is 0 Å². The normalized spacial score (nSPS) is 22.4. The minimum absolute atomic E-state index is 0. The number of amides is 1. The molecule has 0 spiro atoms. The first kappa shape index (κ1) is 18.0. The largest absolute Gasteiger partial charge is 0.375 e. The average molecular weight is 313 g/mol. The van der Waals surface area contributed by atoms with Crippen LogP contribution in [0.1, 0.15) is 30.9 Å². The van der Waals surface area contributed by atoms with Gasteiger partial charge in [0.1, 0.15) is 0 Å². The third-order valence-electron chi connectivity index (χ3n) is 4.22. The molecule has 3 atom stereocenters. The van der Waals surface area contributed by atoms with Gasteiger partial charge in [0.25, 0.3) is 0 Å². The molecule has 1 amide bonds. The Morgan fingerprint density at radius 2 is 2.10 bits per heavy atom. The molecule has 21 heavy (non-hydrogen) atoms. The third kappa shape index (κ3) is 4.70. The number of carbonyl (C=O) groups excluding carboxylic acids is 1. The van der Waals surface area contributed by atoms with E-state index in [0.29, 0.717) is 19.0 Å². The number of nitrogens with two attached hydrogens (primary N) is 1. The molecule has 1 aliphatic carbocycles. The molecule has 0 aliphatic heterocycles. The fourth-order valence-corrected chi connectivity index (χ4v) is 2.99. The second kappa shape index (κ2) is 9.03. The van der Waals surface area contributed by atoms with E-state index in [1.807, 2.05) is 30.3 Å². The lowest BCUT2D eigenvalue weighted by atomic mass is 9.95. The maximum atomic E-state index is 12.2. The molecule has 1 fully saturated rings. The van der Waals surface area contributed by atoms with Crippen LogP contribution in [0.4, 0.5) is 0 Å². The summed E-state index contributed by atoms with van der Waals surface area (Å²) in [5.41, 5.74) is 6.81. The van der Waals surface area contributed by atoms with Crippen molar-refractivity contribution in [1.82, 2.24) is 5.32 Å². The highest BCUT2D eigenvalue weighted by Crippen LogP contribution is 2.31. The van der Waals surface area contributed by atoms with E-state index < -0.39 is 0 Å². The summed E-state index contributed by atoms with van der Waals surface area (Å²) >= 11 is 0. The quantitative estimate of drug-likeness (QED) is 0.847. The molecule has 0 aromatic heterocycles. The van der Waals surface area contributed by atoms with Crippen LogP contribution in [0.25, 0.3) is 0 Å². The average Bonchev–Trinajstić information content (AvgIpc) is 2.97. The molecule has 3 N–H and O–H groups in total. The summed E-state index contributed by atoms with van der Waals surface area (Å²) in [6, 6.07) is 9.95. The molecule has 4 nitrogen and oxygen atoms in total. The highest BCUT2D eigenvalue weighted by Gasteiger charge is 2.32. The van der Waals surface area contributed by atoms with Gasteiger partial charge in [-0.15, -0.1) is 12.4 Å². The Kier molecular flexibility index (Phi) is 7.72. The van der Waals surface area contributed by atoms with Crippen molar-refractivity contribution in [2.75, 3.05) is 20.2 Å². The van der Waals surface area contributed by atoms with Crippen molar-refractivity contribution < 1.29 is 9.53 Å². The topological polar surface area (TPSA) is 64.3 Å². The van der Waals surface area contributed by atoms with Gasteiger partial charge in [-0.2, -0.15) is 0 Å². The Morgan fingerprint density at radius 3 is 2.71 bits per heavy atom. The second-order valence-electron chi connectivity index (χ2n) is 5.41. The first-order valence-corrected chi connectivity index (χ1v) is 7.31. The van der Waals surface area contributed by atoms with Crippen LogP contribution in [0, 0.1) is 11.8 Å². The SMILES string of the molecule is COC(CNC(=O)[C@@H]1CCC[C@@H]1CN)c1ccccc1.Cl. The fraction of sp³-hybridized carbons (Fsp3) is 0.562. The van der Waals surface area contributed by atoms with E-state index >= 15 is 0 Å². The third-order valence-corrected chi connectivity index (χ3v) is 4.22. The van der Waals surface area contributed by atoms with Crippen molar-refractivity contribution in [2.45, 2.75) is 25.4 Å². The van der Waals surface area contributed by atoms with E-state index in [4.69, 9.17) is 10.5 Å². The summed E-state index contributed by atoms with van der Waals surface area (Å²) < 4.78 is 5.46. The Balaban J connectivity index is 0.00000220. The number of ether oxygens (including phenoxy) is 1. The number of carbonyl (C=O) groups is 1. The van der Waals surface area contributed by atoms with Crippen molar-refractivity contribution >= 4 is 18.3 Å². The van der Waals surface area contributed by atoms with Crippen molar-refractivity contribution in [1.29, 1.82) is 0 Å². The Hall–Kier alpha value is -1.10. The minimum atomic E-state index is -0.0992. The van der Waals surface area contributed by atoms with Crippen molar-refractivity contribution in [3.05, 3.63) is 35.9 Å². The molecule has 1 aromatic rings. The monoisotopic (exact) mass is 312 g/mol. The predicted octanol–water partition coefficient (Wildman–Crippen LogP) is 2.29. The van der Waals surface area contributed by atoms with E-state index in [-0.39, 0.29) is 30.3 Å². The summed E-state index contributed by atoms with van der Waals surface area (Å²) in [5.74, 6) is 0.539. The Morgan fingerprint density at radius 1 is 1.38 bits per heavy atom. The van der Waals surface area contributed by atoms with Crippen LogP contribution in [-0.2, 0) is 9.53 Å². The lowest BCUT2D eigenvalue weighted by Gasteiger charge is -2.20. The van der Waals surface area contributed by atoms with E-state index in [9.17, 15) is 4.79 Å². The zero-order chi connectivity index (χ0) is 14.4. The van der Waals surface area contributed by atoms with Gasteiger partial charge in [0.05, 0.1) is 6.10 Å². The van der Waals surface area contributed by atoms with Gasteiger partial charge in [-0.25, -0.2) is 0 Å². The number of hydrogen-bond acceptors (Lipinski definition) is 3. The molecule has 0 radical (unpaired) electrons. The molecule has 118 valence electrons. The Bertz CT molecular complexity index is 428. The maximum Gasteiger partial charge on any atom is 0.223 e. The van der Waals surface area contributed by atoms with Gasteiger partial charge in [-0.05, 0) is 30.9 Å². The first-order chi connectivity index (χ1) is 9.76. The molecule has 1 saturated carbocycles. The summed E-state index contributed by atoms with van der Waals surface area (Å²) in [7, 11) is 1.67. The van der Waals surface area contributed by atoms with Crippen molar-refractivity contribution in [2.24, 2.45) is 17.6 Å². The van der Waals surface area contributed by atoms with Gasteiger partial charge in [-0.3, -0.25) is 4.79 Å². The van der Waals surface area contributed by atoms with Crippen molar-refractivity contribution in [3.8, 4) is 0 Å². The lowest BCUT2D eigenvalue weighted by molar-refractivity contribution is -0.126. The van der Waals surface area contributed by atoms with E-state index in [0.717, 1.165) is 24.8 Å². The zero-order valence-corrected chi connectivity index (χ0v) is 13.3. The predicted molar refractivity (Wildman–Crippen MR) is 86.3 cm³/mol. The van der Waals surface area contributed by atoms with Crippen LogP contribution in [0.15, 0.2) is 30.3 Å². The van der Waals surface area contributed by atoms with Crippen LogP contribution in [-0.4, -0.2) is 26.1 Å². The maximum absolute atomic E-state index is 12.2. The number of benzene rings is 1. The fourth-order valence-electron chi connectivity index (χ4n) is 2.99. The van der Waals surface area contributed by atoms with Gasteiger partial charge in [0.15, 0.2) is 0 Å². The molecular formula is C16H25ClN2O2. The van der Waals surface area contributed by atoms with E-state index in [2.05, 4.69) is 5.32 Å². The highest BCUT2D eigenvalue weighted by molar-refractivity contribution is 5.85. The summed E-state index contributed by atoms with van der Waals surface area (Å²) in [5, 5.41) is 3.02. The van der Waals surface area contributed by atoms with Crippen LogP contribution in [0.5, 0.6) is 0 Å². The molecule has 2 rings (SSSR count). The smallest absolute Gasteiger partial charge is 0.223 e. The number of halogens is 1. The van der Waals surface area contributed by atoms with E-state index in [1.54, 1.807) is 7.11 Å². The van der Waals surface area contributed by atoms with Crippen LogP contribution >= 0.6 is 12.4 Å². The highest BCUT2D eigenvalue weighted by atomic mass is 35.5. The number of hydrogen-bond donors (Lipinski definition) is 2. The molecule has 1 aromatic carbocycles. The summed E-state index contributed by atoms with van der Waals surface area (Å²) in [6.07, 6.45) is 3.03. The second-order valence-corrected chi connectivity index (χ2v) is 5.41. The van der Waals surface area contributed by atoms with Crippen LogP contribution in [0.3, 0.4) is 0 Å². The summed E-state index contributed by atoms with van der Waals surface area (Å²) in [6.45, 7) is 1.11. The van der Waals surface area contributed by atoms with Gasteiger partial charge < -0.3 is 15.8 Å². The molecule has 0 saturated heterocycles. The van der Waals surface area contributed by atoms with Gasteiger partial charge in [0, 0.05) is 19.6 Å². The standard InChI is InChI=1S/C16H24N2O2.ClH/c1-20-15(12-6-3-2-4-7-12)11-18-16(19)14-9-5-8-13(14)10-17;/h2-4,6-7,13-15H,5,8-11,17H2,1H3,(H,18,19);1H/t13-,14-,15?;/m1./s1.